The molecule has 152 valence electrons. The fourth-order valence-corrected chi connectivity index (χ4v) is 2.72. The second-order valence-electron chi connectivity index (χ2n) is 7.14. The normalized spacial score (nSPS) is 10.6. The molecule has 0 saturated carbocycles. The number of rotatable bonds is 6. The Morgan fingerprint density at radius 2 is 1.66 bits per heavy atom. The van der Waals surface area contributed by atoms with E-state index in [2.05, 4.69) is 20.6 Å². The van der Waals surface area contributed by atoms with E-state index in [-0.39, 0.29) is 32.1 Å². The Labute approximate surface area is 173 Å². The van der Waals surface area contributed by atoms with E-state index in [1.807, 2.05) is 57.2 Å². The lowest BCUT2D eigenvalue weighted by molar-refractivity contribution is 0.0936. The Bertz CT molecular complexity index is 1010. The van der Waals surface area contributed by atoms with Crippen molar-refractivity contribution in [3.05, 3.63) is 83.3 Å². The first kappa shape index (κ1) is 20.2. The van der Waals surface area contributed by atoms with Gasteiger partial charge in [0.15, 0.2) is 0 Å². The number of hydrogen-bond donors (Lipinski definition) is 2. The average Bonchev–Trinajstić information content (AvgIpc) is 2.72. The van der Waals surface area contributed by atoms with Crippen LogP contribution in [0.4, 0.5) is 0 Å². The molecular weight excluding hydrogens is 364 g/mol. The van der Waals surface area contributed by atoms with Gasteiger partial charge in [0, 0.05) is 27.2 Å². The highest BCUT2D eigenvalue weighted by Crippen LogP contribution is 2.17. The van der Waals surface area contributed by atoms with Gasteiger partial charge in [0.2, 0.25) is 0 Å². The highest BCUT2D eigenvalue weighted by Gasteiger charge is 2.13. The summed E-state index contributed by atoms with van der Waals surface area (Å²) in [6.45, 7) is 6.10. The standard InChI is InChI=1S/C23H24N4O2.2H2/c1-15(2)26-23(29)21-6-4-5-20(27-21)22(28)25-14-17-9-12-19(24-13-17)18-10-7-16(3)8-11-18;;/h4-13,15H,14H2,1-3H3,(H,25,28)(H,26,29);2*1H. The SMILES string of the molecule is Cc1ccc(-c2ccc(CNC(=O)c3cccc(C(=O)NC(C)C)n3)cn2)cc1.[HH].[HH]. The maximum Gasteiger partial charge on any atom is 0.270 e. The molecular formula is C23H28N4O2. The van der Waals surface area contributed by atoms with Crippen molar-refractivity contribution in [3.8, 4) is 11.3 Å². The van der Waals surface area contributed by atoms with Crippen LogP contribution in [0.3, 0.4) is 0 Å². The van der Waals surface area contributed by atoms with Crippen molar-refractivity contribution >= 4 is 11.8 Å². The van der Waals surface area contributed by atoms with Gasteiger partial charge in [-0.25, -0.2) is 4.98 Å². The lowest BCUT2D eigenvalue weighted by Gasteiger charge is -2.09. The Hall–Kier alpha value is -3.54. The minimum Gasteiger partial charge on any atom is -0.349 e. The Balaban J connectivity index is 0.00000240. The van der Waals surface area contributed by atoms with E-state index in [1.165, 1.54) is 5.56 Å². The quantitative estimate of drug-likeness (QED) is 0.664. The highest BCUT2D eigenvalue weighted by molar-refractivity contribution is 5.96. The zero-order valence-electron chi connectivity index (χ0n) is 16.8. The number of nitrogens with zero attached hydrogens (tertiary/aromatic N) is 2. The fraction of sp³-hybridized carbons (Fsp3) is 0.217. The Morgan fingerprint density at radius 3 is 2.28 bits per heavy atom. The first-order valence-corrected chi connectivity index (χ1v) is 9.50. The van der Waals surface area contributed by atoms with E-state index in [0.29, 0.717) is 6.54 Å². The molecule has 2 amide bonds. The van der Waals surface area contributed by atoms with Crippen molar-refractivity contribution in [1.82, 2.24) is 20.6 Å². The van der Waals surface area contributed by atoms with Gasteiger partial charge in [0.25, 0.3) is 11.8 Å². The molecule has 6 nitrogen and oxygen atoms in total. The topological polar surface area (TPSA) is 84.0 Å². The molecule has 0 saturated heterocycles. The molecule has 0 spiro atoms. The zero-order chi connectivity index (χ0) is 20.8. The molecule has 3 aromatic rings. The number of amides is 2. The van der Waals surface area contributed by atoms with Crippen LogP contribution in [0.15, 0.2) is 60.8 Å². The fourth-order valence-electron chi connectivity index (χ4n) is 2.72. The van der Waals surface area contributed by atoms with Gasteiger partial charge >= 0.3 is 0 Å². The number of aryl methyl sites for hydroxylation is 1. The van der Waals surface area contributed by atoms with Crippen LogP contribution in [0, 0.1) is 6.92 Å². The van der Waals surface area contributed by atoms with Crippen LogP contribution in [-0.4, -0.2) is 27.8 Å². The summed E-state index contributed by atoms with van der Waals surface area (Å²) in [5.41, 5.74) is 4.42. The lowest BCUT2D eigenvalue weighted by atomic mass is 10.1. The van der Waals surface area contributed by atoms with Gasteiger partial charge in [-0.15, -0.1) is 0 Å². The van der Waals surface area contributed by atoms with E-state index in [1.54, 1.807) is 24.4 Å². The smallest absolute Gasteiger partial charge is 0.270 e. The third-order valence-corrected chi connectivity index (χ3v) is 4.26. The Kier molecular flexibility index (Phi) is 6.34. The number of carbonyl (C=O) groups excluding carboxylic acids is 2. The van der Waals surface area contributed by atoms with Crippen LogP contribution in [0.1, 0.15) is 48.8 Å². The van der Waals surface area contributed by atoms with Crippen molar-refractivity contribution < 1.29 is 12.4 Å². The molecule has 2 heterocycles. The largest absolute Gasteiger partial charge is 0.349 e. The van der Waals surface area contributed by atoms with E-state index >= 15 is 0 Å². The van der Waals surface area contributed by atoms with Crippen LogP contribution < -0.4 is 10.6 Å². The first-order chi connectivity index (χ1) is 13.9. The molecule has 6 heteroatoms. The van der Waals surface area contributed by atoms with Gasteiger partial charge in [-0.1, -0.05) is 42.0 Å². The minimum atomic E-state index is -0.341. The molecule has 2 N–H and O–H groups in total. The van der Waals surface area contributed by atoms with Crippen LogP contribution in [0.2, 0.25) is 0 Å². The number of aromatic nitrogens is 2. The van der Waals surface area contributed by atoms with Crippen molar-refractivity contribution in [2.45, 2.75) is 33.4 Å². The second kappa shape index (κ2) is 9.10. The van der Waals surface area contributed by atoms with Gasteiger partial charge in [-0.3, -0.25) is 14.6 Å². The average molecular weight is 393 g/mol. The number of pyridine rings is 2. The summed E-state index contributed by atoms with van der Waals surface area (Å²) in [5, 5.41) is 5.58. The molecule has 0 aliphatic rings. The molecule has 1 aromatic carbocycles. The van der Waals surface area contributed by atoms with Gasteiger partial charge in [-0.05, 0) is 44.5 Å². The molecule has 3 rings (SSSR count). The third kappa shape index (κ3) is 5.48. The van der Waals surface area contributed by atoms with Crippen LogP contribution >= 0.6 is 0 Å². The molecule has 0 bridgehead atoms. The molecule has 29 heavy (non-hydrogen) atoms. The maximum atomic E-state index is 12.4. The van der Waals surface area contributed by atoms with Gasteiger partial charge in [0.05, 0.1) is 5.69 Å². The lowest BCUT2D eigenvalue weighted by Crippen LogP contribution is -2.31. The van der Waals surface area contributed by atoms with Crippen LogP contribution in [-0.2, 0) is 6.54 Å². The monoisotopic (exact) mass is 392 g/mol. The van der Waals surface area contributed by atoms with Gasteiger partial charge in [0.1, 0.15) is 11.4 Å². The minimum absolute atomic E-state index is 0. The molecule has 0 aliphatic carbocycles. The number of hydrogen-bond acceptors (Lipinski definition) is 4. The summed E-state index contributed by atoms with van der Waals surface area (Å²) < 4.78 is 0. The first-order valence-electron chi connectivity index (χ1n) is 9.50. The molecule has 0 unspecified atom stereocenters. The van der Waals surface area contributed by atoms with Crippen molar-refractivity contribution in [3.63, 3.8) is 0 Å². The molecule has 0 fully saturated rings. The predicted octanol–water partition coefficient (Wildman–Crippen LogP) is 4.01. The molecule has 0 atom stereocenters. The van der Waals surface area contributed by atoms with E-state index in [0.717, 1.165) is 16.8 Å². The van der Waals surface area contributed by atoms with E-state index < -0.39 is 0 Å². The van der Waals surface area contributed by atoms with E-state index in [9.17, 15) is 9.59 Å². The number of benzene rings is 1. The zero-order valence-corrected chi connectivity index (χ0v) is 16.8. The molecule has 0 radical (unpaired) electrons. The molecule has 0 aliphatic heterocycles. The third-order valence-electron chi connectivity index (χ3n) is 4.26. The number of nitrogens with one attached hydrogen (secondary N) is 2. The Morgan fingerprint density at radius 1 is 0.966 bits per heavy atom. The number of carbonyl (C=O) groups is 2. The van der Waals surface area contributed by atoms with Crippen LogP contribution in [0.25, 0.3) is 11.3 Å². The van der Waals surface area contributed by atoms with Crippen molar-refractivity contribution in [2.75, 3.05) is 0 Å². The van der Waals surface area contributed by atoms with Gasteiger partial charge in [-0.2, -0.15) is 0 Å². The summed E-state index contributed by atoms with van der Waals surface area (Å²) in [7, 11) is 0. The van der Waals surface area contributed by atoms with Crippen molar-refractivity contribution in [2.24, 2.45) is 0 Å². The second-order valence-corrected chi connectivity index (χ2v) is 7.14. The summed E-state index contributed by atoms with van der Waals surface area (Å²) in [6.07, 6.45) is 1.75. The van der Waals surface area contributed by atoms with E-state index in [4.69, 9.17) is 0 Å². The predicted molar refractivity (Wildman–Crippen MR) is 117 cm³/mol. The maximum absolute atomic E-state index is 12.4. The van der Waals surface area contributed by atoms with Gasteiger partial charge < -0.3 is 10.6 Å². The van der Waals surface area contributed by atoms with Crippen LogP contribution in [0.5, 0.6) is 0 Å². The highest BCUT2D eigenvalue weighted by atomic mass is 16.2. The summed E-state index contributed by atoms with van der Waals surface area (Å²) in [4.78, 5) is 33.1. The molecule has 2 aromatic heterocycles. The summed E-state index contributed by atoms with van der Waals surface area (Å²) >= 11 is 0. The van der Waals surface area contributed by atoms with Crippen molar-refractivity contribution in [1.29, 1.82) is 0 Å². The summed E-state index contributed by atoms with van der Waals surface area (Å²) in [5.74, 6) is -0.641. The summed E-state index contributed by atoms with van der Waals surface area (Å²) in [6, 6.07) is 16.8.